The Balaban J connectivity index is 1.85. The maximum Gasteiger partial charge on any atom is 0.246 e. The molecule has 1 aliphatic carbocycles. The molecule has 27 heavy (non-hydrogen) atoms. The molecule has 9 heteroatoms. The highest BCUT2D eigenvalue weighted by Crippen LogP contribution is 2.33. The molecule has 146 valence electrons. The second-order valence-electron chi connectivity index (χ2n) is 6.63. The topological polar surface area (TPSA) is 111 Å². The fourth-order valence-electron chi connectivity index (χ4n) is 3.42. The van der Waals surface area contributed by atoms with E-state index in [1.165, 1.54) is 7.11 Å². The highest BCUT2D eigenvalue weighted by molar-refractivity contribution is 5.77. The third-order valence-corrected chi connectivity index (χ3v) is 4.64. The van der Waals surface area contributed by atoms with Gasteiger partial charge in [0.15, 0.2) is 5.82 Å². The number of methoxy groups -OCH3 is 2. The summed E-state index contributed by atoms with van der Waals surface area (Å²) in [4.78, 5) is 20.7. The molecule has 1 aliphatic rings. The van der Waals surface area contributed by atoms with Crippen molar-refractivity contribution in [1.82, 2.24) is 25.1 Å². The Hall–Kier alpha value is -2.36. The molecule has 3 atom stereocenters. The van der Waals surface area contributed by atoms with Gasteiger partial charge in [0.1, 0.15) is 19.0 Å². The van der Waals surface area contributed by atoms with E-state index in [4.69, 9.17) is 9.47 Å². The lowest BCUT2D eigenvalue weighted by atomic mass is 9.83. The van der Waals surface area contributed by atoms with Gasteiger partial charge < -0.3 is 19.9 Å². The molecule has 2 N–H and O–H groups in total. The Morgan fingerprint density at radius 2 is 2.22 bits per heavy atom. The Kier molecular flexibility index (Phi) is 6.49. The van der Waals surface area contributed by atoms with Crippen molar-refractivity contribution in [2.75, 3.05) is 20.8 Å². The smallest absolute Gasteiger partial charge is 0.246 e. The summed E-state index contributed by atoms with van der Waals surface area (Å²) in [6.07, 6.45) is 4.74. The number of aliphatic hydroxyl groups excluding tert-OH is 1. The molecule has 3 rings (SSSR count). The fraction of sp³-hybridized carbons (Fsp3) is 0.556. The average Bonchev–Trinajstić information content (AvgIpc) is 3.09. The average molecular weight is 375 g/mol. The predicted molar refractivity (Wildman–Crippen MR) is 96.3 cm³/mol. The van der Waals surface area contributed by atoms with Crippen LogP contribution in [-0.4, -0.2) is 63.7 Å². The second kappa shape index (κ2) is 9.03. The van der Waals surface area contributed by atoms with Gasteiger partial charge in [0, 0.05) is 26.3 Å². The number of rotatable bonds is 7. The van der Waals surface area contributed by atoms with Gasteiger partial charge >= 0.3 is 0 Å². The zero-order chi connectivity index (χ0) is 19.2. The monoisotopic (exact) mass is 375 g/mol. The quantitative estimate of drug-likeness (QED) is 0.728. The van der Waals surface area contributed by atoms with Gasteiger partial charge in [0.2, 0.25) is 5.91 Å². The van der Waals surface area contributed by atoms with Crippen LogP contribution in [0.3, 0.4) is 0 Å². The Bertz CT molecular complexity index is 751. The van der Waals surface area contributed by atoms with Gasteiger partial charge in [0.25, 0.3) is 0 Å². The van der Waals surface area contributed by atoms with Crippen LogP contribution in [0.15, 0.2) is 24.5 Å². The molecule has 0 aromatic carbocycles. The Morgan fingerprint density at radius 1 is 1.37 bits per heavy atom. The highest BCUT2D eigenvalue weighted by atomic mass is 16.5. The maximum absolute atomic E-state index is 11.9. The van der Waals surface area contributed by atoms with E-state index in [1.54, 1.807) is 24.2 Å². The van der Waals surface area contributed by atoms with Crippen LogP contribution in [-0.2, 0) is 20.9 Å². The van der Waals surface area contributed by atoms with Gasteiger partial charge in [0.05, 0.1) is 24.0 Å². The molecule has 1 fully saturated rings. The zero-order valence-electron chi connectivity index (χ0n) is 15.5. The third kappa shape index (κ3) is 4.68. The lowest BCUT2D eigenvalue weighted by Crippen LogP contribution is -2.47. The van der Waals surface area contributed by atoms with E-state index in [-0.39, 0.29) is 24.5 Å². The van der Waals surface area contributed by atoms with Crippen molar-refractivity contribution >= 4 is 5.91 Å². The van der Waals surface area contributed by atoms with Crippen LogP contribution < -0.4 is 5.32 Å². The number of pyridine rings is 1. The molecule has 9 nitrogen and oxygen atoms in total. The van der Waals surface area contributed by atoms with E-state index in [9.17, 15) is 9.90 Å². The van der Waals surface area contributed by atoms with Gasteiger partial charge in [-0.2, -0.15) is 0 Å². The van der Waals surface area contributed by atoms with E-state index in [0.717, 1.165) is 17.9 Å². The molecule has 0 aliphatic heterocycles. The largest absolute Gasteiger partial charge is 0.391 e. The lowest BCUT2D eigenvalue weighted by Gasteiger charge is -2.33. The van der Waals surface area contributed by atoms with Crippen LogP contribution in [0.25, 0.3) is 5.69 Å². The number of hydrogen-bond acceptors (Lipinski definition) is 7. The summed E-state index contributed by atoms with van der Waals surface area (Å²) in [5.74, 6) is 1.17. The van der Waals surface area contributed by atoms with Crippen molar-refractivity contribution in [2.45, 2.75) is 43.9 Å². The minimum atomic E-state index is -0.588. The normalized spacial score (nSPS) is 22.6. The molecule has 0 radical (unpaired) electrons. The van der Waals surface area contributed by atoms with Crippen molar-refractivity contribution in [3.8, 4) is 5.69 Å². The molecule has 2 aromatic rings. The second-order valence-corrected chi connectivity index (χ2v) is 6.63. The first-order chi connectivity index (χ1) is 13.1. The summed E-state index contributed by atoms with van der Waals surface area (Å²) < 4.78 is 11.8. The number of amides is 1. The molecule has 2 aromatic heterocycles. The first-order valence-electron chi connectivity index (χ1n) is 8.94. The number of carbonyl (C=O) groups is 1. The standard InChI is InChI=1S/C18H25N5O4/c1-26-10-16-21-18(23(22-16)13-4-3-7-19-9-13)12-5-6-15(24)14(8-12)20-17(25)11-27-2/h3-4,7,9,12,14-15,24H,5-6,8,10-11H2,1-2H3,(H,20,25)/t12-,14+,15+/m0/s1. The summed E-state index contributed by atoms with van der Waals surface area (Å²) in [6, 6.07) is 3.41. The minimum Gasteiger partial charge on any atom is -0.391 e. The van der Waals surface area contributed by atoms with E-state index in [0.29, 0.717) is 25.3 Å². The van der Waals surface area contributed by atoms with E-state index < -0.39 is 6.10 Å². The fourth-order valence-corrected chi connectivity index (χ4v) is 3.42. The van der Waals surface area contributed by atoms with Gasteiger partial charge in [-0.15, -0.1) is 5.10 Å². The molecule has 2 heterocycles. The van der Waals surface area contributed by atoms with E-state index >= 15 is 0 Å². The predicted octanol–water partition coefficient (Wildman–Crippen LogP) is 0.568. The lowest BCUT2D eigenvalue weighted by molar-refractivity contribution is -0.126. The number of aliphatic hydroxyl groups is 1. The van der Waals surface area contributed by atoms with Gasteiger partial charge in [-0.25, -0.2) is 9.67 Å². The zero-order valence-corrected chi connectivity index (χ0v) is 15.5. The van der Waals surface area contributed by atoms with Crippen LogP contribution in [0.1, 0.15) is 36.8 Å². The molecule has 0 spiro atoms. The van der Waals surface area contributed by atoms with E-state index in [1.807, 2.05) is 12.1 Å². The molecular formula is C18H25N5O4. The van der Waals surface area contributed by atoms with Crippen LogP contribution in [0.2, 0.25) is 0 Å². The van der Waals surface area contributed by atoms with Crippen molar-refractivity contribution in [3.63, 3.8) is 0 Å². The van der Waals surface area contributed by atoms with Crippen molar-refractivity contribution in [2.24, 2.45) is 0 Å². The number of ether oxygens (including phenoxy) is 2. The summed E-state index contributed by atoms with van der Waals surface area (Å²) in [6.45, 7) is 0.279. The van der Waals surface area contributed by atoms with E-state index in [2.05, 4.69) is 20.4 Å². The number of nitrogens with zero attached hydrogens (tertiary/aromatic N) is 4. The summed E-state index contributed by atoms with van der Waals surface area (Å²) in [5, 5.41) is 17.7. The van der Waals surface area contributed by atoms with Gasteiger partial charge in [-0.1, -0.05) is 0 Å². The minimum absolute atomic E-state index is 0.0300. The summed E-state index contributed by atoms with van der Waals surface area (Å²) in [7, 11) is 3.07. The first-order valence-corrected chi connectivity index (χ1v) is 8.94. The van der Waals surface area contributed by atoms with Crippen molar-refractivity contribution < 1.29 is 19.4 Å². The first kappa shape index (κ1) is 19.4. The Labute approximate surface area is 157 Å². The van der Waals surface area contributed by atoms with Crippen molar-refractivity contribution in [1.29, 1.82) is 0 Å². The number of carbonyl (C=O) groups excluding carboxylic acids is 1. The van der Waals surface area contributed by atoms with Crippen molar-refractivity contribution in [3.05, 3.63) is 36.2 Å². The van der Waals surface area contributed by atoms with Crippen LogP contribution in [0, 0.1) is 0 Å². The van der Waals surface area contributed by atoms with Crippen LogP contribution >= 0.6 is 0 Å². The molecule has 1 amide bonds. The van der Waals surface area contributed by atoms with Crippen LogP contribution in [0.5, 0.6) is 0 Å². The Morgan fingerprint density at radius 3 is 2.93 bits per heavy atom. The third-order valence-electron chi connectivity index (χ3n) is 4.64. The number of aromatic nitrogens is 4. The van der Waals surface area contributed by atoms with Gasteiger partial charge in [-0.05, 0) is 31.4 Å². The van der Waals surface area contributed by atoms with Crippen LogP contribution in [0.4, 0.5) is 0 Å². The summed E-state index contributed by atoms with van der Waals surface area (Å²) >= 11 is 0. The molecule has 0 saturated heterocycles. The molecular weight excluding hydrogens is 350 g/mol. The molecule has 0 unspecified atom stereocenters. The maximum atomic E-state index is 11.9. The number of hydrogen-bond donors (Lipinski definition) is 2. The molecule has 0 bridgehead atoms. The number of nitrogens with one attached hydrogen (secondary N) is 1. The van der Waals surface area contributed by atoms with Gasteiger partial charge in [-0.3, -0.25) is 9.78 Å². The SMILES string of the molecule is COCC(=O)N[C@@H]1C[C@@H](c2nc(COC)nn2-c2cccnc2)CC[C@H]1O. The molecule has 1 saturated carbocycles. The highest BCUT2D eigenvalue weighted by Gasteiger charge is 2.34. The summed E-state index contributed by atoms with van der Waals surface area (Å²) in [5.41, 5.74) is 0.813.